The van der Waals surface area contributed by atoms with Gasteiger partial charge in [0.15, 0.2) is 12.0 Å². The maximum atomic E-state index is 11.0. The number of azo groups is 1. The van der Waals surface area contributed by atoms with Crippen LogP contribution in [0.5, 0.6) is 5.75 Å². The number of hydrogen-bond donors (Lipinski definition) is 1. The Hall–Kier alpha value is -3.08. The lowest BCUT2D eigenvalue weighted by molar-refractivity contribution is 0.112. The lowest BCUT2D eigenvalue weighted by Gasteiger charge is -2.05. The minimum absolute atomic E-state index is 0.140. The predicted octanol–water partition coefficient (Wildman–Crippen LogP) is 4.17. The summed E-state index contributed by atoms with van der Waals surface area (Å²) in [6.07, 6.45) is 2.12. The second kappa shape index (κ2) is 5.50. The molecule has 0 amide bonds. The maximum absolute atomic E-state index is 11.0. The molecule has 2 aromatic carbocycles. The van der Waals surface area contributed by atoms with Crippen LogP contribution >= 0.6 is 0 Å². The number of phenolic OH excluding ortho intramolecular Hbond substituents is 1. The van der Waals surface area contributed by atoms with E-state index < -0.39 is 0 Å². The molecule has 0 saturated carbocycles. The highest BCUT2D eigenvalue weighted by atomic mass is 16.3. The Morgan fingerprint density at radius 2 is 1.86 bits per heavy atom. The summed E-state index contributed by atoms with van der Waals surface area (Å²) >= 11 is 0. The van der Waals surface area contributed by atoms with Gasteiger partial charge in [-0.25, -0.2) is 0 Å². The first-order valence-electron chi connectivity index (χ1n) is 6.32. The highest BCUT2D eigenvalue weighted by Crippen LogP contribution is 2.34. The summed E-state index contributed by atoms with van der Waals surface area (Å²) in [5.74, 6) is -0.140. The number of aromatic nitrogens is 1. The Balaban J connectivity index is 2.16. The quantitative estimate of drug-likeness (QED) is 0.576. The molecule has 3 rings (SSSR count). The molecular formula is C16H11N3O2. The van der Waals surface area contributed by atoms with Crippen LogP contribution in [0.15, 0.2) is 65.0 Å². The van der Waals surface area contributed by atoms with Gasteiger partial charge in [0.1, 0.15) is 5.52 Å². The number of fused-ring (bicyclic) bond motifs is 1. The molecule has 0 saturated heterocycles. The Morgan fingerprint density at radius 1 is 1.05 bits per heavy atom. The predicted molar refractivity (Wildman–Crippen MR) is 79.4 cm³/mol. The Labute approximate surface area is 120 Å². The van der Waals surface area contributed by atoms with Crippen LogP contribution in [0.3, 0.4) is 0 Å². The summed E-state index contributed by atoms with van der Waals surface area (Å²) in [5.41, 5.74) is 1.67. The van der Waals surface area contributed by atoms with Crippen molar-refractivity contribution in [1.82, 2.24) is 4.98 Å². The van der Waals surface area contributed by atoms with Crippen LogP contribution in [0.4, 0.5) is 11.4 Å². The summed E-state index contributed by atoms with van der Waals surface area (Å²) in [6.45, 7) is 0. The van der Waals surface area contributed by atoms with Crippen molar-refractivity contribution in [1.29, 1.82) is 0 Å². The van der Waals surface area contributed by atoms with E-state index in [1.54, 1.807) is 18.3 Å². The molecule has 0 fully saturated rings. The van der Waals surface area contributed by atoms with E-state index in [-0.39, 0.29) is 11.3 Å². The molecule has 1 aromatic heterocycles. The molecule has 0 unspecified atom stereocenters. The van der Waals surface area contributed by atoms with Gasteiger partial charge in [-0.15, -0.1) is 5.11 Å². The highest BCUT2D eigenvalue weighted by molar-refractivity contribution is 6.00. The summed E-state index contributed by atoms with van der Waals surface area (Å²) < 4.78 is 0. The fourth-order valence-corrected chi connectivity index (χ4v) is 2.01. The second-order valence-corrected chi connectivity index (χ2v) is 4.39. The molecular weight excluding hydrogens is 266 g/mol. The van der Waals surface area contributed by atoms with Gasteiger partial charge in [0.05, 0.1) is 16.9 Å². The molecule has 0 spiro atoms. The van der Waals surface area contributed by atoms with Gasteiger partial charge in [0.2, 0.25) is 0 Å². The SMILES string of the molecule is O=Cc1cc(N=Nc2ccccc2)c2cccnc2c1O. The second-order valence-electron chi connectivity index (χ2n) is 4.39. The number of hydrogen-bond acceptors (Lipinski definition) is 5. The minimum atomic E-state index is -0.140. The molecule has 5 heteroatoms. The van der Waals surface area contributed by atoms with Crippen molar-refractivity contribution >= 4 is 28.6 Å². The standard InChI is InChI=1S/C16H11N3O2/c20-10-11-9-14(19-18-12-5-2-1-3-6-12)13-7-4-8-17-15(13)16(11)21/h1-10,21H. The van der Waals surface area contributed by atoms with Crippen molar-refractivity contribution in [2.24, 2.45) is 10.2 Å². The van der Waals surface area contributed by atoms with Gasteiger partial charge < -0.3 is 5.11 Å². The van der Waals surface area contributed by atoms with Crippen molar-refractivity contribution in [3.63, 3.8) is 0 Å². The smallest absolute Gasteiger partial charge is 0.153 e. The van der Waals surface area contributed by atoms with E-state index >= 15 is 0 Å². The molecule has 0 atom stereocenters. The molecule has 1 N–H and O–H groups in total. The monoisotopic (exact) mass is 277 g/mol. The number of carbonyl (C=O) groups excluding carboxylic acids is 1. The zero-order valence-electron chi connectivity index (χ0n) is 11.0. The van der Waals surface area contributed by atoms with E-state index in [9.17, 15) is 9.90 Å². The van der Waals surface area contributed by atoms with E-state index in [1.165, 1.54) is 6.07 Å². The van der Waals surface area contributed by atoms with Gasteiger partial charge in [-0.05, 0) is 30.3 Å². The van der Waals surface area contributed by atoms with Crippen molar-refractivity contribution in [2.75, 3.05) is 0 Å². The van der Waals surface area contributed by atoms with Crippen LogP contribution < -0.4 is 0 Å². The number of phenols is 1. The first kappa shape index (κ1) is 12.9. The summed E-state index contributed by atoms with van der Waals surface area (Å²) in [5, 5.41) is 18.9. The van der Waals surface area contributed by atoms with E-state index in [0.717, 1.165) is 0 Å². The van der Waals surface area contributed by atoms with E-state index in [4.69, 9.17) is 0 Å². The number of benzene rings is 2. The Morgan fingerprint density at radius 3 is 2.62 bits per heavy atom. The largest absolute Gasteiger partial charge is 0.505 e. The third-order valence-electron chi connectivity index (χ3n) is 3.03. The highest BCUT2D eigenvalue weighted by Gasteiger charge is 2.11. The van der Waals surface area contributed by atoms with Gasteiger partial charge in [0.25, 0.3) is 0 Å². The van der Waals surface area contributed by atoms with Crippen LogP contribution in [0.25, 0.3) is 10.9 Å². The van der Waals surface area contributed by atoms with E-state index in [1.807, 2.05) is 30.3 Å². The average molecular weight is 277 g/mol. The number of nitrogens with zero attached hydrogens (tertiary/aromatic N) is 3. The number of aromatic hydroxyl groups is 1. The zero-order chi connectivity index (χ0) is 14.7. The molecule has 5 nitrogen and oxygen atoms in total. The number of rotatable bonds is 3. The lowest BCUT2D eigenvalue weighted by Crippen LogP contribution is -1.86. The van der Waals surface area contributed by atoms with Gasteiger partial charge in [-0.1, -0.05) is 18.2 Å². The number of pyridine rings is 1. The van der Waals surface area contributed by atoms with E-state index in [0.29, 0.717) is 28.6 Å². The summed E-state index contributed by atoms with van der Waals surface area (Å²) in [4.78, 5) is 15.1. The van der Waals surface area contributed by atoms with Crippen LogP contribution in [0.1, 0.15) is 10.4 Å². The first-order chi connectivity index (χ1) is 10.3. The first-order valence-corrected chi connectivity index (χ1v) is 6.32. The Bertz CT molecular complexity index is 830. The normalized spacial score (nSPS) is 11.0. The van der Waals surface area contributed by atoms with Crippen molar-refractivity contribution < 1.29 is 9.90 Å². The van der Waals surface area contributed by atoms with Gasteiger partial charge >= 0.3 is 0 Å². The van der Waals surface area contributed by atoms with Crippen molar-refractivity contribution in [3.8, 4) is 5.75 Å². The van der Waals surface area contributed by atoms with Gasteiger partial charge in [-0.2, -0.15) is 5.11 Å². The number of carbonyl (C=O) groups is 1. The summed E-state index contributed by atoms with van der Waals surface area (Å²) in [6, 6.07) is 14.3. The average Bonchev–Trinajstić information content (AvgIpc) is 2.55. The van der Waals surface area contributed by atoms with Crippen LogP contribution in [0.2, 0.25) is 0 Å². The van der Waals surface area contributed by atoms with Gasteiger partial charge in [-0.3, -0.25) is 9.78 Å². The molecule has 1 heterocycles. The van der Waals surface area contributed by atoms with E-state index in [2.05, 4.69) is 15.2 Å². The van der Waals surface area contributed by atoms with Crippen molar-refractivity contribution in [3.05, 3.63) is 60.3 Å². The fraction of sp³-hybridized carbons (Fsp3) is 0. The molecule has 21 heavy (non-hydrogen) atoms. The topological polar surface area (TPSA) is 74.9 Å². The van der Waals surface area contributed by atoms with Crippen LogP contribution in [-0.2, 0) is 0 Å². The molecule has 0 bridgehead atoms. The van der Waals surface area contributed by atoms with Gasteiger partial charge in [0, 0.05) is 11.6 Å². The molecule has 3 aromatic rings. The molecule has 0 radical (unpaired) electrons. The third-order valence-corrected chi connectivity index (χ3v) is 3.03. The Kier molecular flexibility index (Phi) is 3.39. The fourth-order valence-electron chi connectivity index (χ4n) is 2.01. The van der Waals surface area contributed by atoms with Crippen molar-refractivity contribution in [2.45, 2.75) is 0 Å². The number of aldehydes is 1. The zero-order valence-corrected chi connectivity index (χ0v) is 11.0. The van der Waals surface area contributed by atoms with Crippen LogP contribution in [-0.4, -0.2) is 16.4 Å². The molecule has 0 aliphatic carbocycles. The maximum Gasteiger partial charge on any atom is 0.153 e. The molecule has 0 aliphatic rings. The molecule has 0 aliphatic heterocycles. The minimum Gasteiger partial charge on any atom is -0.505 e. The van der Waals surface area contributed by atoms with Crippen LogP contribution in [0, 0.1) is 0 Å². The summed E-state index contributed by atoms with van der Waals surface area (Å²) in [7, 11) is 0. The molecule has 102 valence electrons. The third kappa shape index (κ3) is 2.49. The lowest BCUT2D eigenvalue weighted by atomic mass is 10.1.